The molecule has 0 atom stereocenters. The molecule has 0 aromatic heterocycles. The number of ether oxygens (including phenoxy) is 1. The molecule has 0 aliphatic rings. The van der Waals surface area contributed by atoms with Gasteiger partial charge in [0.2, 0.25) is 10.0 Å². The molecule has 0 heterocycles. The fraction of sp³-hybridized carbons (Fsp3) is 0.118. The first-order chi connectivity index (χ1) is 11.4. The van der Waals surface area contributed by atoms with Crippen LogP contribution in [0.5, 0.6) is 5.75 Å². The molecule has 0 bridgehead atoms. The molecule has 6 nitrogen and oxygen atoms in total. The Morgan fingerprint density at radius 3 is 2.54 bits per heavy atom. The van der Waals surface area contributed by atoms with E-state index in [2.05, 4.69) is 17.2 Å². The number of rotatable bonds is 4. The van der Waals surface area contributed by atoms with E-state index in [4.69, 9.17) is 9.88 Å². The average molecular weight is 344 g/mol. The quantitative estimate of drug-likeness (QED) is 0.812. The molecule has 3 N–H and O–H groups in total. The minimum absolute atomic E-state index is 0.0746. The molecule has 24 heavy (non-hydrogen) atoms. The Balaban J connectivity index is 2.13. The first-order valence-corrected chi connectivity index (χ1v) is 8.49. The molecule has 1 amide bonds. The number of nitrogens with two attached hydrogens (primary N) is 1. The van der Waals surface area contributed by atoms with E-state index in [1.807, 2.05) is 30.3 Å². The molecule has 0 spiro atoms. The third-order valence-electron chi connectivity index (χ3n) is 3.09. The Morgan fingerprint density at radius 2 is 1.92 bits per heavy atom. The minimum atomic E-state index is -3.91. The maximum absolute atomic E-state index is 12.2. The van der Waals surface area contributed by atoms with E-state index in [-0.39, 0.29) is 22.8 Å². The van der Waals surface area contributed by atoms with Crippen LogP contribution in [0.4, 0.5) is 0 Å². The van der Waals surface area contributed by atoms with Gasteiger partial charge in [-0.3, -0.25) is 4.79 Å². The Bertz CT molecular complexity index is 897. The van der Waals surface area contributed by atoms with Crippen LogP contribution in [0.2, 0.25) is 0 Å². The van der Waals surface area contributed by atoms with Gasteiger partial charge in [-0.05, 0) is 30.3 Å². The van der Waals surface area contributed by atoms with Crippen molar-refractivity contribution in [1.82, 2.24) is 5.32 Å². The second-order valence-corrected chi connectivity index (χ2v) is 6.32. The standard InChI is InChI=1S/C17H16N2O4S/c1-23-16-10-9-14(24(18,21)22)12-15(16)17(20)19-11-5-8-13-6-3-2-4-7-13/h2-4,6-7,9-10,12H,11H2,1H3,(H,19,20)(H2,18,21,22). The molecule has 0 saturated carbocycles. The number of carbonyl (C=O) groups is 1. The van der Waals surface area contributed by atoms with Gasteiger partial charge in [0, 0.05) is 5.56 Å². The van der Waals surface area contributed by atoms with Crippen molar-refractivity contribution >= 4 is 15.9 Å². The third-order valence-corrected chi connectivity index (χ3v) is 4.00. The molecule has 124 valence electrons. The normalized spacial score (nSPS) is 10.4. The number of methoxy groups -OCH3 is 1. The van der Waals surface area contributed by atoms with Crippen LogP contribution in [0.25, 0.3) is 0 Å². The van der Waals surface area contributed by atoms with Gasteiger partial charge >= 0.3 is 0 Å². The Labute approximate surface area is 140 Å². The van der Waals surface area contributed by atoms with Crippen LogP contribution in [-0.2, 0) is 10.0 Å². The molecule has 0 fully saturated rings. The molecule has 2 aromatic rings. The third kappa shape index (κ3) is 4.59. The van der Waals surface area contributed by atoms with E-state index in [9.17, 15) is 13.2 Å². The topological polar surface area (TPSA) is 98.5 Å². The second-order valence-electron chi connectivity index (χ2n) is 4.76. The Hall–Kier alpha value is -2.82. The summed E-state index contributed by atoms with van der Waals surface area (Å²) in [6.07, 6.45) is 0. The molecule has 0 aliphatic heterocycles. The molecular formula is C17H16N2O4S. The molecule has 7 heteroatoms. The monoisotopic (exact) mass is 344 g/mol. The number of primary sulfonamides is 1. The lowest BCUT2D eigenvalue weighted by Crippen LogP contribution is -2.24. The van der Waals surface area contributed by atoms with Crippen molar-refractivity contribution in [2.45, 2.75) is 4.90 Å². The summed E-state index contributed by atoms with van der Waals surface area (Å²) in [5.74, 6) is 5.47. The van der Waals surface area contributed by atoms with Gasteiger partial charge in [-0.15, -0.1) is 0 Å². The Morgan fingerprint density at radius 1 is 1.21 bits per heavy atom. The zero-order valence-corrected chi connectivity index (χ0v) is 13.8. The van der Waals surface area contributed by atoms with Crippen LogP contribution >= 0.6 is 0 Å². The summed E-state index contributed by atoms with van der Waals surface area (Å²) in [7, 11) is -2.52. The van der Waals surface area contributed by atoms with Crippen molar-refractivity contribution in [3.63, 3.8) is 0 Å². The van der Waals surface area contributed by atoms with Gasteiger partial charge in [-0.1, -0.05) is 30.0 Å². The second kappa shape index (κ2) is 7.64. The molecule has 2 rings (SSSR count). The molecule has 2 aromatic carbocycles. The van der Waals surface area contributed by atoms with E-state index < -0.39 is 15.9 Å². The number of amides is 1. The summed E-state index contributed by atoms with van der Waals surface area (Å²) in [4.78, 5) is 12.1. The van der Waals surface area contributed by atoms with Crippen molar-refractivity contribution in [2.24, 2.45) is 5.14 Å². The maximum atomic E-state index is 12.2. The summed E-state index contributed by atoms with van der Waals surface area (Å²) in [5.41, 5.74) is 0.908. The fourth-order valence-electron chi connectivity index (χ4n) is 1.93. The van der Waals surface area contributed by atoms with E-state index in [0.29, 0.717) is 0 Å². The van der Waals surface area contributed by atoms with E-state index >= 15 is 0 Å². The van der Waals surface area contributed by atoms with Crippen LogP contribution < -0.4 is 15.2 Å². The number of sulfonamides is 1. The first-order valence-electron chi connectivity index (χ1n) is 6.95. The first kappa shape index (κ1) is 17.5. The van der Waals surface area contributed by atoms with Crippen LogP contribution in [0, 0.1) is 11.8 Å². The lowest BCUT2D eigenvalue weighted by atomic mass is 10.2. The van der Waals surface area contributed by atoms with Gasteiger partial charge in [0.25, 0.3) is 5.91 Å². The summed E-state index contributed by atoms with van der Waals surface area (Å²) in [6, 6.07) is 13.2. The Kier molecular flexibility index (Phi) is 5.58. The number of hydrogen-bond acceptors (Lipinski definition) is 4. The molecule has 0 aliphatic carbocycles. The number of carbonyl (C=O) groups excluding carboxylic acids is 1. The SMILES string of the molecule is COc1ccc(S(N)(=O)=O)cc1C(=O)NCC#Cc1ccccc1. The van der Waals surface area contributed by atoms with Gasteiger partial charge in [-0.25, -0.2) is 13.6 Å². The van der Waals surface area contributed by atoms with Crippen molar-refractivity contribution in [2.75, 3.05) is 13.7 Å². The van der Waals surface area contributed by atoms with Crippen molar-refractivity contribution in [1.29, 1.82) is 0 Å². The van der Waals surface area contributed by atoms with E-state index in [1.54, 1.807) is 0 Å². The molecule has 0 saturated heterocycles. The summed E-state index contributed by atoms with van der Waals surface area (Å²) < 4.78 is 27.9. The van der Waals surface area contributed by atoms with Crippen molar-refractivity contribution < 1.29 is 17.9 Å². The smallest absolute Gasteiger partial charge is 0.255 e. The number of nitrogens with one attached hydrogen (secondary N) is 1. The zero-order valence-electron chi connectivity index (χ0n) is 12.9. The maximum Gasteiger partial charge on any atom is 0.255 e. The van der Waals surface area contributed by atoms with E-state index in [1.165, 1.54) is 25.3 Å². The highest BCUT2D eigenvalue weighted by atomic mass is 32.2. The van der Waals surface area contributed by atoms with Crippen molar-refractivity contribution in [3.05, 3.63) is 59.7 Å². The molecule has 0 unspecified atom stereocenters. The zero-order chi connectivity index (χ0) is 17.6. The highest BCUT2D eigenvalue weighted by Crippen LogP contribution is 2.21. The lowest BCUT2D eigenvalue weighted by Gasteiger charge is -2.09. The summed E-state index contributed by atoms with van der Waals surface area (Å²) >= 11 is 0. The van der Waals surface area contributed by atoms with Crippen LogP contribution in [-0.4, -0.2) is 28.0 Å². The largest absolute Gasteiger partial charge is 0.496 e. The molecule has 0 radical (unpaired) electrons. The summed E-state index contributed by atoms with van der Waals surface area (Å²) in [5, 5.41) is 7.68. The van der Waals surface area contributed by atoms with E-state index in [0.717, 1.165) is 5.56 Å². The minimum Gasteiger partial charge on any atom is -0.496 e. The predicted octanol–water partition coefficient (Wildman–Crippen LogP) is 1.12. The van der Waals surface area contributed by atoms with Gasteiger partial charge in [-0.2, -0.15) is 0 Å². The van der Waals surface area contributed by atoms with Gasteiger partial charge in [0.15, 0.2) is 0 Å². The number of benzene rings is 2. The highest BCUT2D eigenvalue weighted by Gasteiger charge is 2.16. The number of hydrogen-bond donors (Lipinski definition) is 2. The highest BCUT2D eigenvalue weighted by molar-refractivity contribution is 7.89. The summed E-state index contributed by atoms with van der Waals surface area (Å²) in [6.45, 7) is 0.108. The predicted molar refractivity (Wildman–Crippen MR) is 90.0 cm³/mol. The van der Waals surface area contributed by atoms with Gasteiger partial charge in [0.05, 0.1) is 24.1 Å². The van der Waals surface area contributed by atoms with Gasteiger partial charge in [0.1, 0.15) is 5.75 Å². The fourth-order valence-corrected chi connectivity index (χ4v) is 2.47. The van der Waals surface area contributed by atoms with Crippen molar-refractivity contribution in [3.8, 4) is 17.6 Å². The van der Waals surface area contributed by atoms with Crippen LogP contribution in [0.3, 0.4) is 0 Å². The lowest BCUT2D eigenvalue weighted by molar-refractivity contribution is 0.0955. The average Bonchev–Trinajstić information content (AvgIpc) is 2.58. The van der Waals surface area contributed by atoms with Crippen LogP contribution in [0.1, 0.15) is 15.9 Å². The van der Waals surface area contributed by atoms with Gasteiger partial charge < -0.3 is 10.1 Å². The van der Waals surface area contributed by atoms with Crippen LogP contribution in [0.15, 0.2) is 53.4 Å². The molecular weight excluding hydrogens is 328 g/mol.